The Hall–Kier alpha value is -2.56. The number of nitrogens with one attached hydrogen (secondary N) is 1. The standard InChI is InChI=1S/C19H24N2O3/c1-13(5-6-15-7-9-17(24-4)10-8-15)20-19(23)18-11-16(14(2)22)12-21(18)3/h7-13H,5-6H2,1-4H3,(H,20,23)/t13-/m0/s1. The summed E-state index contributed by atoms with van der Waals surface area (Å²) in [6, 6.07) is 9.61. The first kappa shape index (κ1) is 17.8. The number of amides is 1. The Kier molecular flexibility index (Phi) is 5.79. The fourth-order valence-corrected chi connectivity index (χ4v) is 2.53. The number of hydrogen-bond donors (Lipinski definition) is 1. The maximum absolute atomic E-state index is 12.3. The zero-order chi connectivity index (χ0) is 17.7. The summed E-state index contributed by atoms with van der Waals surface area (Å²) in [5.41, 5.74) is 2.25. The van der Waals surface area contributed by atoms with Crippen molar-refractivity contribution in [3.8, 4) is 5.75 Å². The minimum Gasteiger partial charge on any atom is -0.497 e. The second kappa shape index (κ2) is 7.81. The lowest BCUT2D eigenvalue weighted by Gasteiger charge is -2.14. The molecule has 1 aromatic heterocycles. The molecule has 0 aliphatic carbocycles. The maximum atomic E-state index is 12.3. The number of carbonyl (C=O) groups excluding carboxylic acids is 2. The van der Waals surface area contributed by atoms with Gasteiger partial charge in [-0.1, -0.05) is 12.1 Å². The molecule has 0 saturated heterocycles. The maximum Gasteiger partial charge on any atom is 0.268 e. The zero-order valence-electron chi connectivity index (χ0n) is 14.6. The van der Waals surface area contributed by atoms with Crippen molar-refractivity contribution < 1.29 is 14.3 Å². The van der Waals surface area contributed by atoms with Gasteiger partial charge in [-0.2, -0.15) is 0 Å². The Labute approximate surface area is 142 Å². The average Bonchev–Trinajstić information content (AvgIpc) is 2.95. The van der Waals surface area contributed by atoms with Crippen LogP contribution in [0, 0.1) is 0 Å². The van der Waals surface area contributed by atoms with E-state index in [1.165, 1.54) is 12.5 Å². The molecule has 0 bridgehead atoms. The molecule has 2 rings (SSSR count). The molecule has 0 radical (unpaired) electrons. The highest BCUT2D eigenvalue weighted by Crippen LogP contribution is 2.14. The zero-order valence-corrected chi connectivity index (χ0v) is 14.6. The van der Waals surface area contributed by atoms with E-state index in [1.54, 1.807) is 31.0 Å². The molecule has 0 saturated carbocycles. The van der Waals surface area contributed by atoms with E-state index >= 15 is 0 Å². The van der Waals surface area contributed by atoms with E-state index in [1.807, 2.05) is 31.2 Å². The molecule has 1 N–H and O–H groups in total. The smallest absolute Gasteiger partial charge is 0.268 e. The molecular formula is C19H24N2O3. The van der Waals surface area contributed by atoms with Crippen LogP contribution in [-0.2, 0) is 13.5 Å². The minimum absolute atomic E-state index is 0.0373. The lowest BCUT2D eigenvalue weighted by atomic mass is 10.1. The molecule has 24 heavy (non-hydrogen) atoms. The third-order valence-electron chi connectivity index (χ3n) is 4.05. The SMILES string of the molecule is COc1ccc(CC[C@H](C)NC(=O)c2cc(C(C)=O)cn2C)cc1. The van der Waals surface area contributed by atoms with Crippen LogP contribution in [0.2, 0.25) is 0 Å². The van der Waals surface area contributed by atoms with Gasteiger partial charge in [-0.25, -0.2) is 0 Å². The number of rotatable bonds is 7. The summed E-state index contributed by atoms with van der Waals surface area (Å²) in [7, 11) is 3.41. The number of ketones is 1. The molecule has 128 valence electrons. The first-order valence-corrected chi connectivity index (χ1v) is 8.01. The van der Waals surface area contributed by atoms with E-state index in [-0.39, 0.29) is 17.7 Å². The highest BCUT2D eigenvalue weighted by atomic mass is 16.5. The van der Waals surface area contributed by atoms with E-state index in [9.17, 15) is 9.59 Å². The minimum atomic E-state index is -0.160. The summed E-state index contributed by atoms with van der Waals surface area (Å²) >= 11 is 0. The normalized spacial score (nSPS) is 11.8. The third-order valence-corrected chi connectivity index (χ3v) is 4.05. The van der Waals surface area contributed by atoms with Crippen LogP contribution in [0.25, 0.3) is 0 Å². The van der Waals surface area contributed by atoms with Crippen molar-refractivity contribution in [2.75, 3.05) is 7.11 Å². The number of benzene rings is 1. The van der Waals surface area contributed by atoms with Crippen LogP contribution in [0.5, 0.6) is 5.75 Å². The second-order valence-corrected chi connectivity index (χ2v) is 6.04. The Morgan fingerprint density at radius 2 is 1.92 bits per heavy atom. The van der Waals surface area contributed by atoms with Crippen LogP contribution in [0.4, 0.5) is 0 Å². The molecule has 0 unspecified atom stereocenters. The molecule has 1 atom stereocenters. The highest BCUT2D eigenvalue weighted by Gasteiger charge is 2.15. The second-order valence-electron chi connectivity index (χ2n) is 6.04. The summed E-state index contributed by atoms with van der Waals surface area (Å²) in [4.78, 5) is 23.8. The Balaban J connectivity index is 1.90. The molecule has 1 heterocycles. The molecular weight excluding hydrogens is 304 g/mol. The molecule has 1 aromatic carbocycles. The van der Waals surface area contributed by atoms with Gasteiger partial charge in [-0.3, -0.25) is 9.59 Å². The number of methoxy groups -OCH3 is 1. The van der Waals surface area contributed by atoms with Gasteiger partial charge in [0, 0.05) is 24.8 Å². The van der Waals surface area contributed by atoms with E-state index in [4.69, 9.17) is 4.74 Å². The van der Waals surface area contributed by atoms with Gasteiger partial charge in [0.15, 0.2) is 5.78 Å². The molecule has 0 spiro atoms. The van der Waals surface area contributed by atoms with Crippen molar-refractivity contribution in [1.82, 2.24) is 9.88 Å². The van der Waals surface area contributed by atoms with Gasteiger partial charge in [0.2, 0.25) is 0 Å². The predicted octanol–water partition coefficient (Wildman–Crippen LogP) is 2.99. The first-order valence-electron chi connectivity index (χ1n) is 8.01. The largest absolute Gasteiger partial charge is 0.497 e. The van der Waals surface area contributed by atoms with Crippen LogP contribution in [0.3, 0.4) is 0 Å². The van der Waals surface area contributed by atoms with Crippen molar-refractivity contribution in [2.24, 2.45) is 7.05 Å². The number of aryl methyl sites for hydroxylation is 2. The molecule has 5 heteroatoms. The summed E-state index contributed by atoms with van der Waals surface area (Å²) in [6.45, 7) is 3.48. The Bertz CT molecular complexity index is 717. The topological polar surface area (TPSA) is 60.3 Å². The van der Waals surface area contributed by atoms with Crippen molar-refractivity contribution in [3.63, 3.8) is 0 Å². The molecule has 2 aromatic rings. The number of hydrogen-bond acceptors (Lipinski definition) is 3. The van der Waals surface area contributed by atoms with Gasteiger partial charge < -0.3 is 14.6 Å². The van der Waals surface area contributed by atoms with Gasteiger partial charge in [0.1, 0.15) is 11.4 Å². The van der Waals surface area contributed by atoms with Crippen LogP contribution in [0.1, 0.15) is 46.7 Å². The van der Waals surface area contributed by atoms with Gasteiger partial charge >= 0.3 is 0 Å². The van der Waals surface area contributed by atoms with E-state index in [0.717, 1.165) is 18.6 Å². The number of nitrogens with zero attached hydrogens (tertiary/aromatic N) is 1. The number of carbonyl (C=O) groups is 2. The Morgan fingerprint density at radius 3 is 2.46 bits per heavy atom. The number of Topliss-reactive ketones (excluding diaryl/α,β-unsaturated/α-hetero) is 1. The van der Waals surface area contributed by atoms with Crippen molar-refractivity contribution in [1.29, 1.82) is 0 Å². The van der Waals surface area contributed by atoms with Crippen molar-refractivity contribution >= 4 is 11.7 Å². The van der Waals surface area contributed by atoms with Crippen molar-refractivity contribution in [3.05, 3.63) is 53.3 Å². The van der Waals surface area contributed by atoms with Crippen LogP contribution in [0.15, 0.2) is 36.5 Å². The average molecular weight is 328 g/mol. The lowest BCUT2D eigenvalue weighted by Crippen LogP contribution is -2.33. The first-order chi connectivity index (χ1) is 11.4. The molecule has 0 aliphatic heterocycles. The molecule has 5 nitrogen and oxygen atoms in total. The summed E-state index contributed by atoms with van der Waals surface area (Å²) in [6.07, 6.45) is 3.39. The van der Waals surface area contributed by atoms with Crippen LogP contribution >= 0.6 is 0 Å². The number of aromatic nitrogens is 1. The van der Waals surface area contributed by atoms with Gasteiger partial charge in [-0.15, -0.1) is 0 Å². The third kappa shape index (κ3) is 4.47. The van der Waals surface area contributed by atoms with Crippen LogP contribution < -0.4 is 10.1 Å². The fourth-order valence-electron chi connectivity index (χ4n) is 2.53. The van der Waals surface area contributed by atoms with E-state index in [0.29, 0.717) is 11.3 Å². The van der Waals surface area contributed by atoms with E-state index < -0.39 is 0 Å². The summed E-state index contributed by atoms with van der Waals surface area (Å²) in [5, 5.41) is 2.99. The summed E-state index contributed by atoms with van der Waals surface area (Å²) < 4.78 is 6.83. The number of ether oxygens (including phenoxy) is 1. The molecule has 0 aliphatic rings. The van der Waals surface area contributed by atoms with Gasteiger partial charge in [0.05, 0.1) is 7.11 Å². The van der Waals surface area contributed by atoms with Gasteiger partial charge in [0.25, 0.3) is 5.91 Å². The molecule has 1 amide bonds. The highest BCUT2D eigenvalue weighted by molar-refractivity contribution is 5.99. The quantitative estimate of drug-likeness (QED) is 0.795. The Morgan fingerprint density at radius 1 is 1.25 bits per heavy atom. The van der Waals surface area contributed by atoms with Crippen LogP contribution in [-0.4, -0.2) is 29.4 Å². The summed E-state index contributed by atoms with van der Waals surface area (Å²) in [5.74, 6) is 0.634. The van der Waals surface area contributed by atoms with E-state index in [2.05, 4.69) is 5.32 Å². The predicted molar refractivity (Wildman–Crippen MR) is 93.7 cm³/mol. The monoisotopic (exact) mass is 328 g/mol. The fraction of sp³-hybridized carbons (Fsp3) is 0.368. The lowest BCUT2D eigenvalue weighted by molar-refractivity contribution is 0.0930. The van der Waals surface area contributed by atoms with Gasteiger partial charge in [-0.05, 0) is 50.5 Å². The molecule has 0 fully saturated rings. The van der Waals surface area contributed by atoms with Crippen molar-refractivity contribution in [2.45, 2.75) is 32.7 Å².